The molecule has 0 spiro atoms. The first-order valence-corrected chi connectivity index (χ1v) is 6.52. The van der Waals surface area contributed by atoms with Gasteiger partial charge in [0.05, 0.1) is 12.2 Å². The van der Waals surface area contributed by atoms with Crippen molar-refractivity contribution >= 4 is 5.97 Å². The van der Waals surface area contributed by atoms with E-state index in [-0.39, 0.29) is 5.97 Å². The lowest BCUT2D eigenvalue weighted by molar-refractivity contribution is -0.135. The van der Waals surface area contributed by atoms with Gasteiger partial charge in [0.2, 0.25) is 0 Å². The second kappa shape index (κ2) is 4.84. The zero-order valence-corrected chi connectivity index (χ0v) is 10.4. The van der Waals surface area contributed by atoms with Gasteiger partial charge in [0.1, 0.15) is 0 Å². The molecule has 2 fully saturated rings. The van der Waals surface area contributed by atoms with Crippen molar-refractivity contribution in [1.29, 1.82) is 0 Å². The maximum atomic E-state index is 11.7. The van der Waals surface area contributed by atoms with E-state index >= 15 is 0 Å². The van der Waals surface area contributed by atoms with Crippen LogP contribution >= 0.6 is 0 Å². The first kappa shape index (κ1) is 11.3. The fourth-order valence-corrected chi connectivity index (χ4v) is 2.75. The minimum Gasteiger partial charge on any atom is -0.462 e. The van der Waals surface area contributed by atoms with Crippen molar-refractivity contribution < 1.29 is 9.53 Å². The number of carbonyl (C=O) groups is 1. The minimum atomic E-state index is -0.107. The zero-order valence-electron chi connectivity index (χ0n) is 10.4. The first-order valence-electron chi connectivity index (χ1n) is 6.52. The van der Waals surface area contributed by atoms with Crippen LogP contribution in [-0.4, -0.2) is 24.0 Å². The molecule has 94 valence electrons. The number of carbonyl (C=O) groups excluding carboxylic acids is 1. The highest BCUT2D eigenvalue weighted by molar-refractivity contribution is 5.91. The largest absolute Gasteiger partial charge is 0.462 e. The fourth-order valence-electron chi connectivity index (χ4n) is 2.75. The Morgan fingerprint density at radius 2 is 2.00 bits per heavy atom. The molecule has 0 bridgehead atoms. The summed E-state index contributed by atoms with van der Waals surface area (Å²) in [7, 11) is 0. The number of hydrogen-bond acceptors (Lipinski definition) is 3. The Labute approximate surface area is 107 Å². The molecule has 0 N–H and O–H groups in total. The molecule has 0 aliphatic carbocycles. The van der Waals surface area contributed by atoms with Crippen LogP contribution in [0.4, 0.5) is 0 Å². The minimum absolute atomic E-state index is 0.107. The highest BCUT2D eigenvalue weighted by atomic mass is 16.5. The van der Waals surface area contributed by atoms with Crippen LogP contribution in [0.5, 0.6) is 0 Å². The molecule has 1 aromatic rings. The SMILES string of the molecule is O=C1OCC/C1=C1/CCCN1Cc1ccccc1. The third-order valence-corrected chi connectivity index (χ3v) is 3.62. The van der Waals surface area contributed by atoms with Crippen LogP contribution in [0.2, 0.25) is 0 Å². The highest BCUT2D eigenvalue weighted by Crippen LogP contribution is 2.30. The van der Waals surface area contributed by atoms with Gasteiger partial charge < -0.3 is 9.64 Å². The van der Waals surface area contributed by atoms with Crippen molar-refractivity contribution in [2.24, 2.45) is 0 Å². The molecule has 1 aromatic carbocycles. The number of benzene rings is 1. The highest BCUT2D eigenvalue weighted by Gasteiger charge is 2.28. The molecule has 3 heteroatoms. The molecule has 0 amide bonds. The van der Waals surface area contributed by atoms with Crippen molar-refractivity contribution in [3.05, 3.63) is 47.2 Å². The van der Waals surface area contributed by atoms with E-state index in [2.05, 4.69) is 29.2 Å². The fraction of sp³-hybridized carbons (Fsp3) is 0.400. The average Bonchev–Trinajstić information content (AvgIpc) is 2.99. The molecular weight excluding hydrogens is 226 g/mol. The summed E-state index contributed by atoms with van der Waals surface area (Å²) in [6.07, 6.45) is 2.93. The lowest BCUT2D eigenvalue weighted by Gasteiger charge is -2.21. The Hall–Kier alpha value is -1.77. The number of ether oxygens (including phenoxy) is 1. The van der Waals surface area contributed by atoms with E-state index in [1.807, 2.05) is 6.07 Å². The van der Waals surface area contributed by atoms with Crippen LogP contribution < -0.4 is 0 Å². The molecule has 3 rings (SSSR count). The lowest BCUT2D eigenvalue weighted by Crippen LogP contribution is -2.19. The van der Waals surface area contributed by atoms with Gasteiger partial charge in [-0.1, -0.05) is 30.3 Å². The third kappa shape index (κ3) is 2.13. The van der Waals surface area contributed by atoms with E-state index in [1.54, 1.807) is 0 Å². The van der Waals surface area contributed by atoms with Crippen molar-refractivity contribution in [3.63, 3.8) is 0 Å². The number of hydrogen-bond donors (Lipinski definition) is 0. The number of allylic oxidation sites excluding steroid dienone is 1. The second-order valence-electron chi connectivity index (χ2n) is 4.82. The van der Waals surface area contributed by atoms with Crippen LogP contribution in [-0.2, 0) is 16.1 Å². The van der Waals surface area contributed by atoms with Crippen molar-refractivity contribution in [2.75, 3.05) is 13.2 Å². The summed E-state index contributed by atoms with van der Waals surface area (Å²) in [5.74, 6) is -0.107. The van der Waals surface area contributed by atoms with Crippen molar-refractivity contribution in [2.45, 2.75) is 25.8 Å². The number of cyclic esters (lactones) is 1. The number of likely N-dealkylation sites (tertiary alicyclic amines) is 1. The van der Waals surface area contributed by atoms with Crippen LogP contribution in [0.15, 0.2) is 41.6 Å². The quantitative estimate of drug-likeness (QED) is 0.590. The van der Waals surface area contributed by atoms with Crippen LogP contribution in [0.1, 0.15) is 24.8 Å². The Morgan fingerprint density at radius 1 is 1.17 bits per heavy atom. The van der Waals surface area contributed by atoms with Gasteiger partial charge in [0.15, 0.2) is 0 Å². The molecule has 0 unspecified atom stereocenters. The van der Waals surface area contributed by atoms with E-state index in [1.165, 1.54) is 11.3 Å². The Bertz CT molecular complexity index is 479. The van der Waals surface area contributed by atoms with Gasteiger partial charge in [-0.15, -0.1) is 0 Å². The molecular formula is C15H17NO2. The van der Waals surface area contributed by atoms with Gasteiger partial charge in [-0.25, -0.2) is 4.79 Å². The van der Waals surface area contributed by atoms with Gasteiger partial charge in [0, 0.05) is 25.2 Å². The van der Waals surface area contributed by atoms with Crippen molar-refractivity contribution in [1.82, 2.24) is 4.90 Å². The van der Waals surface area contributed by atoms with E-state index in [0.717, 1.165) is 37.9 Å². The van der Waals surface area contributed by atoms with Gasteiger partial charge in [-0.05, 0) is 18.4 Å². The topological polar surface area (TPSA) is 29.5 Å². The van der Waals surface area contributed by atoms with Gasteiger partial charge in [-0.2, -0.15) is 0 Å². The van der Waals surface area contributed by atoms with Crippen LogP contribution in [0.3, 0.4) is 0 Å². The molecule has 2 aliphatic heterocycles. The average molecular weight is 243 g/mol. The lowest BCUT2D eigenvalue weighted by atomic mass is 10.1. The summed E-state index contributed by atoms with van der Waals surface area (Å²) in [6, 6.07) is 10.4. The summed E-state index contributed by atoms with van der Waals surface area (Å²) >= 11 is 0. The molecule has 0 radical (unpaired) electrons. The standard InChI is InChI=1S/C15H17NO2/c17-15-13(8-10-18-15)14-7-4-9-16(14)11-12-5-2-1-3-6-12/h1-3,5-6H,4,7-11H2/b14-13+. The predicted octanol–water partition coefficient (Wildman–Crippen LogP) is 2.48. The number of esters is 1. The summed E-state index contributed by atoms with van der Waals surface area (Å²) in [6.45, 7) is 2.49. The van der Waals surface area contributed by atoms with E-state index < -0.39 is 0 Å². The molecule has 0 saturated carbocycles. The number of nitrogens with zero attached hydrogens (tertiary/aromatic N) is 1. The van der Waals surface area contributed by atoms with E-state index in [0.29, 0.717) is 6.61 Å². The zero-order chi connectivity index (χ0) is 12.4. The second-order valence-corrected chi connectivity index (χ2v) is 4.82. The smallest absolute Gasteiger partial charge is 0.335 e. The van der Waals surface area contributed by atoms with Gasteiger partial charge >= 0.3 is 5.97 Å². The van der Waals surface area contributed by atoms with Crippen LogP contribution in [0.25, 0.3) is 0 Å². The summed E-state index contributed by atoms with van der Waals surface area (Å²) in [5.41, 5.74) is 3.41. The molecule has 18 heavy (non-hydrogen) atoms. The molecule has 2 saturated heterocycles. The first-order chi connectivity index (χ1) is 8.84. The van der Waals surface area contributed by atoms with E-state index in [4.69, 9.17) is 4.74 Å². The molecule has 2 heterocycles. The van der Waals surface area contributed by atoms with Gasteiger partial charge in [0.25, 0.3) is 0 Å². The van der Waals surface area contributed by atoms with E-state index in [9.17, 15) is 4.79 Å². The third-order valence-electron chi connectivity index (χ3n) is 3.62. The summed E-state index contributed by atoms with van der Waals surface area (Å²) in [5, 5.41) is 0. The Kier molecular flexibility index (Phi) is 3.05. The Morgan fingerprint density at radius 3 is 2.72 bits per heavy atom. The Balaban J connectivity index is 1.82. The molecule has 0 aromatic heterocycles. The van der Waals surface area contributed by atoms with Gasteiger partial charge in [-0.3, -0.25) is 0 Å². The predicted molar refractivity (Wildman–Crippen MR) is 68.7 cm³/mol. The number of rotatable bonds is 2. The molecule has 3 nitrogen and oxygen atoms in total. The monoisotopic (exact) mass is 243 g/mol. The maximum absolute atomic E-state index is 11.7. The maximum Gasteiger partial charge on any atom is 0.335 e. The summed E-state index contributed by atoms with van der Waals surface area (Å²) in [4.78, 5) is 14.0. The summed E-state index contributed by atoms with van der Waals surface area (Å²) < 4.78 is 5.05. The van der Waals surface area contributed by atoms with Crippen molar-refractivity contribution in [3.8, 4) is 0 Å². The molecule has 2 aliphatic rings. The molecule has 0 atom stereocenters. The normalized spacial score (nSPS) is 23.6. The van der Waals surface area contributed by atoms with Crippen LogP contribution in [0, 0.1) is 0 Å².